The van der Waals surface area contributed by atoms with Gasteiger partial charge < -0.3 is 0 Å². The number of nitrogens with one attached hydrogen (secondary N) is 1. The summed E-state index contributed by atoms with van der Waals surface area (Å²) in [5, 5.41) is 5.01. The first kappa shape index (κ1) is 16.6. The summed E-state index contributed by atoms with van der Waals surface area (Å²) in [6.45, 7) is 0. The highest BCUT2D eigenvalue weighted by Crippen LogP contribution is 2.25. The number of rotatable bonds is 4. The molecule has 0 aliphatic carbocycles. The fraction of sp³-hybridized carbons (Fsp3) is 0. The average Bonchev–Trinajstić information content (AvgIpc) is 3.03. The van der Waals surface area contributed by atoms with Gasteiger partial charge in [-0.05, 0) is 24.3 Å². The summed E-state index contributed by atoms with van der Waals surface area (Å²) >= 11 is 1.31. The summed E-state index contributed by atoms with van der Waals surface area (Å²) < 4.78 is 22.4. The first-order valence-electron chi connectivity index (χ1n) is 6.80. The number of hydrogen-bond donors (Lipinski definition) is 1. The van der Waals surface area contributed by atoms with E-state index in [4.69, 9.17) is 10.7 Å². The van der Waals surface area contributed by atoms with Gasteiger partial charge in [-0.25, -0.2) is 13.4 Å². The molecule has 8 heteroatoms. The van der Waals surface area contributed by atoms with Gasteiger partial charge in [0.25, 0.3) is 15.0 Å². The molecular weight excluding hydrogens is 368 g/mol. The van der Waals surface area contributed by atoms with Crippen LogP contribution in [0, 0.1) is 0 Å². The Morgan fingerprint density at radius 1 is 1.04 bits per heavy atom. The zero-order valence-corrected chi connectivity index (χ0v) is 14.5. The SMILES string of the molecule is O=C(Nc1nc(-c2ccccc2)cs1)c1ccc(S(=O)(=O)Cl)cc1. The standard InChI is InChI=1S/C16H11ClN2O3S2/c17-24(21,22)13-8-6-12(7-9-13)15(20)19-16-18-14(10-23-16)11-4-2-1-3-5-11/h1-10H,(H,18,19,20). The third-order valence-corrected chi connectivity index (χ3v) is 5.32. The van der Waals surface area contributed by atoms with Gasteiger partial charge in [-0.2, -0.15) is 0 Å². The van der Waals surface area contributed by atoms with Gasteiger partial charge in [0.15, 0.2) is 5.13 Å². The lowest BCUT2D eigenvalue weighted by atomic mass is 10.2. The minimum Gasteiger partial charge on any atom is -0.298 e. The van der Waals surface area contributed by atoms with Gasteiger partial charge in [-0.1, -0.05) is 30.3 Å². The highest BCUT2D eigenvalue weighted by Gasteiger charge is 2.13. The number of aromatic nitrogens is 1. The molecule has 0 unspecified atom stereocenters. The number of halogens is 1. The molecule has 0 atom stereocenters. The third-order valence-electron chi connectivity index (χ3n) is 3.19. The highest BCUT2D eigenvalue weighted by molar-refractivity contribution is 8.13. The fourth-order valence-corrected chi connectivity index (χ4v) is 3.50. The van der Waals surface area contributed by atoms with Crippen molar-refractivity contribution in [1.82, 2.24) is 4.98 Å². The van der Waals surface area contributed by atoms with Crippen LogP contribution in [0.15, 0.2) is 64.9 Å². The zero-order valence-electron chi connectivity index (χ0n) is 12.1. The van der Waals surface area contributed by atoms with E-state index in [2.05, 4.69) is 10.3 Å². The molecule has 2 aromatic carbocycles. The van der Waals surface area contributed by atoms with E-state index in [9.17, 15) is 13.2 Å². The van der Waals surface area contributed by atoms with E-state index in [1.165, 1.54) is 35.6 Å². The van der Waals surface area contributed by atoms with Gasteiger partial charge >= 0.3 is 0 Å². The zero-order chi connectivity index (χ0) is 17.2. The van der Waals surface area contributed by atoms with Crippen LogP contribution in [0.25, 0.3) is 11.3 Å². The number of nitrogens with zero attached hydrogens (tertiary/aromatic N) is 1. The Balaban J connectivity index is 1.75. The second-order valence-electron chi connectivity index (χ2n) is 4.82. The van der Waals surface area contributed by atoms with Crippen molar-refractivity contribution in [3.8, 4) is 11.3 Å². The largest absolute Gasteiger partial charge is 0.298 e. The van der Waals surface area contributed by atoms with E-state index in [0.29, 0.717) is 10.7 Å². The number of amides is 1. The van der Waals surface area contributed by atoms with Crippen LogP contribution in [0.4, 0.5) is 5.13 Å². The van der Waals surface area contributed by atoms with Crippen LogP contribution in [-0.4, -0.2) is 19.3 Å². The molecule has 0 fully saturated rings. The van der Waals surface area contributed by atoms with Crippen LogP contribution < -0.4 is 5.32 Å². The third kappa shape index (κ3) is 3.81. The molecule has 3 aromatic rings. The maximum Gasteiger partial charge on any atom is 0.261 e. The number of thiazole rings is 1. The lowest BCUT2D eigenvalue weighted by molar-refractivity contribution is 0.102. The van der Waals surface area contributed by atoms with Crippen molar-refractivity contribution in [2.75, 3.05) is 5.32 Å². The molecule has 0 aliphatic heterocycles. The molecule has 1 aromatic heterocycles. The molecular formula is C16H11ClN2O3S2. The highest BCUT2D eigenvalue weighted by atomic mass is 35.7. The maximum absolute atomic E-state index is 12.2. The molecule has 5 nitrogen and oxygen atoms in total. The predicted molar refractivity (Wildman–Crippen MR) is 95.0 cm³/mol. The summed E-state index contributed by atoms with van der Waals surface area (Å²) in [7, 11) is 1.44. The summed E-state index contributed by atoms with van der Waals surface area (Å²) in [5.41, 5.74) is 2.06. The monoisotopic (exact) mass is 378 g/mol. The summed E-state index contributed by atoms with van der Waals surface area (Å²) in [5.74, 6) is -0.373. The minimum absolute atomic E-state index is 0.0543. The number of carbonyl (C=O) groups is 1. The van der Waals surface area contributed by atoms with Gasteiger partial charge in [-0.3, -0.25) is 10.1 Å². The Morgan fingerprint density at radius 3 is 2.33 bits per heavy atom. The van der Waals surface area contributed by atoms with E-state index in [0.717, 1.165) is 11.3 Å². The quantitative estimate of drug-likeness (QED) is 0.696. The van der Waals surface area contributed by atoms with E-state index in [1.807, 2.05) is 35.7 Å². The van der Waals surface area contributed by atoms with Crippen molar-refractivity contribution in [3.05, 3.63) is 65.5 Å². The smallest absolute Gasteiger partial charge is 0.261 e. The average molecular weight is 379 g/mol. The second kappa shape index (κ2) is 6.72. The molecule has 0 saturated carbocycles. The van der Waals surface area contributed by atoms with Crippen LogP contribution in [-0.2, 0) is 9.05 Å². The molecule has 1 N–H and O–H groups in total. The molecule has 122 valence electrons. The lowest BCUT2D eigenvalue weighted by Crippen LogP contribution is -2.11. The number of benzene rings is 2. The van der Waals surface area contributed by atoms with Crippen LogP contribution >= 0.6 is 22.0 Å². The van der Waals surface area contributed by atoms with Gasteiger partial charge in [0.2, 0.25) is 0 Å². The Kier molecular flexibility index (Phi) is 4.66. The Hall–Kier alpha value is -2.22. The molecule has 1 amide bonds. The molecule has 0 radical (unpaired) electrons. The molecule has 24 heavy (non-hydrogen) atoms. The normalized spacial score (nSPS) is 11.2. The molecule has 0 saturated heterocycles. The number of carbonyl (C=O) groups excluding carboxylic acids is 1. The summed E-state index contributed by atoms with van der Waals surface area (Å²) in [6, 6.07) is 15.0. The van der Waals surface area contributed by atoms with Crippen molar-refractivity contribution in [1.29, 1.82) is 0 Å². The molecule has 0 bridgehead atoms. The Morgan fingerprint density at radius 2 is 1.71 bits per heavy atom. The van der Waals surface area contributed by atoms with Gasteiger partial charge in [-0.15, -0.1) is 11.3 Å². The molecule has 0 spiro atoms. The summed E-state index contributed by atoms with van der Waals surface area (Å²) in [6.07, 6.45) is 0. The summed E-state index contributed by atoms with van der Waals surface area (Å²) in [4.78, 5) is 16.5. The van der Waals surface area contributed by atoms with Gasteiger partial charge in [0.05, 0.1) is 10.6 Å². The first-order valence-corrected chi connectivity index (χ1v) is 9.99. The Bertz CT molecular complexity index is 968. The molecule has 3 rings (SSSR count). The van der Waals surface area contributed by atoms with Crippen molar-refractivity contribution < 1.29 is 13.2 Å². The van der Waals surface area contributed by atoms with Crippen molar-refractivity contribution in [2.24, 2.45) is 0 Å². The van der Waals surface area contributed by atoms with E-state index in [-0.39, 0.29) is 10.8 Å². The van der Waals surface area contributed by atoms with Gasteiger partial charge in [0, 0.05) is 27.2 Å². The Labute approximate surface area is 147 Å². The second-order valence-corrected chi connectivity index (χ2v) is 8.24. The number of anilines is 1. The van der Waals surface area contributed by atoms with Crippen LogP contribution in [0.3, 0.4) is 0 Å². The van der Waals surface area contributed by atoms with Crippen LogP contribution in [0.1, 0.15) is 10.4 Å². The fourth-order valence-electron chi connectivity index (χ4n) is 2.01. The van der Waals surface area contributed by atoms with Gasteiger partial charge in [0.1, 0.15) is 0 Å². The minimum atomic E-state index is -3.80. The van der Waals surface area contributed by atoms with E-state index < -0.39 is 9.05 Å². The first-order chi connectivity index (χ1) is 11.4. The van der Waals surface area contributed by atoms with Crippen molar-refractivity contribution in [2.45, 2.75) is 4.90 Å². The number of hydrogen-bond acceptors (Lipinski definition) is 5. The predicted octanol–water partition coefficient (Wildman–Crippen LogP) is 3.99. The topological polar surface area (TPSA) is 76.1 Å². The van der Waals surface area contributed by atoms with Crippen LogP contribution in [0.5, 0.6) is 0 Å². The van der Waals surface area contributed by atoms with Crippen molar-refractivity contribution in [3.63, 3.8) is 0 Å². The van der Waals surface area contributed by atoms with Crippen molar-refractivity contribution >= 4 is 42.1 Å². The van der Waals surface area contributed by atoms with E-state index in [1.54, 1.807) is 0 Å². The van der Waals surface area contributed by atoms with E-state index >= 15 is 0 Å². The molecule has 0 aliphatic rings. The lowest BCUT2D eigenvalue weighted by Gasteiger charge is -2.02. The molecule has 1 heterocycles. The maximum atomic E-state index is 12.2. The van der Waals surface area contributed by atoms with Crippen LogP contribution in [0.2, 0.25) is 0 Å².